The van der Waals surface area contributed by atoms with Gasteiger partial charge >= 0.3 is 10.3 Å². The molecule has 1 aromatic heterocycles. The quantitative estimate of drug-likeness (QED) is 0.446. The number of fused-ring (bicyclic) bond motifs is 1. The maximum atomic E-state index is 11.5. The highest BCUT2D eigenvalue weighted by molar-refractivity contribution is 7.98. The fourth-order valence-corrected chi connectivity index (χ4v) is 4.34. The van der Waals surface area contributed by atoms with E-state index >= 15 is 0 Å². The van der Waals surface area contributed by atoms with Crippen LogP contribution in [-0.4, -0.2) is 24.2 Å². The highest BCUT2D eigenvalue weighted by Gasteiger charge is 2.14. The van der Waals surface area contributed by atoms with Crippen LogP contribution in [0.1, 0.15) is 11.1 Å². The average Bonchev–Trinajstić information content (AvgIpc) is 3.15. The van der Waals surface area contributed by atoms with Crippen molar-refractivity contribution >= 4 is 33.1 Å². The Morgan fingerprint density at radius 1 is 1.16 bits per heavy atom. The number of benzene rings is 3. The molecule has 0 bridgehead atoms. The second-order valence-corrected chi connectivity index (χ2v) is 8.80. The average molecular weight is 451 g/mol. The van der Waals surface area contributed by atoms with Crippen LogP contribution in [0.15, 0.2) is 71.9 Å². The lowest BCUT2D eigenvalue weighted by molar-refractivity contribution is 0.482. The molecule has 4 rings (SSSR count). The molecule has 0 unspecified atom stereocenters. The van der Waals surface area contributed by atoms with E-state index in [1.807, 2.05) is 53.3 Å². The number of thioether (sulfide) groups is 1. The largest absolute Gasteiger partial charge is 0.380 e. The molecule has 0 aliphatic rings. The standard InChI is InChI=1S/C22H18N4O3S2/c1-30-22-9-8-16(11-21(22)29-31(24,27)28)18-10-15(6-7-17(18)12-23)13-26-14-25-19-4-2-3-5-20(19)26/h2-11,14H,13H2,1H3,(H2,24,27,28). The van der Waals surface area contributed by atoms with Crippen LogP contribution >= 0.6 is 11.8 Å². The summed E-state index contributed by atoms with van der Waals surface area (Å²) in [4.78, 5) is 5.04. The van der Waals surface area contributed by atoms with Gasteiger partial charge in [-0.05, 0) is 59.3 Å². The minimum absolute atomic E-state index is 0.127. The number of nitrogens with two attached hydrogens (primary N) is 1. The molecule has 31 heavy (non-hydrogen) atoms. The number of aromatic nitrogens is 2. The maximum Gasteiger partial charge on any atom is 0.380 e. The molecule has 7 nitrogen and oxygen atoms in total. The van der Waals surface area contributed by atoms with E-state index in [4.69, 9.17) is 9.32 Å². The van der Waals surface area contributed by atoms with Crippen LogP contribution in [0.25, 0.3) is 22.2 Å². The SMILES string of the molecule is CSc1ccc(-c2cc(Cn3cnc4ccccc43)ccc2C#N)cc1OS(N)(=O)=O. The topological polar surface area (TPSA) is 111 Å². The third-order valence-corrected chi connectivity index (χ3v) is 5.95. The number of rotatable bonds is 6. The minimum atomic E-state index is -4.18. The van der Waals surface area contributed by atoms with Gasteiger partial charge in [0.25, 0.3) is 0 Å². The lowest BCUT2D eigenvalue weighted by Gasteiger charge is -2.13. The number of para-hydroxylation sites is 2. The van der Waals surface area contributed by atoms with Crippen molar-refractivity contribution in [1.29, 1.82) is 5.26 Å². The first kappa shape index (κ1) is 20.9. The Bertz CT molecular complexity index is 1420. The molecule has 0 aliphatic carbocycles. The first-order valence-electron chi connectivity index (χ1n) is 9.21. The molecule has 0 saturated carbocycles. The zero-order valence-electron chi connectivity index (χ0n) is 16.5. The maximum absolute atomic E-state index is 11.5. The smallest absolute Gasteiger partial charge is 0.370 e. The van der Waals surface area contributed by atoms with E-state index in [9.17, 15) is 13.7 Å². The van der Waals surface area contributed by atoms with Crippen molar-refractivity contribution in [1.82, 2.24) is 9.55 Å². The van der Waals surface area contributed by atoms with Crippen LogP contribution in [0.3, 0.4) is 0 Å². The Labute approximate surface area is 184 Å². The summed E-state index contributed by atoms with van der Waals surface area (Å²) in [5.74, 6) is 0.127. The molecule has 0 fully saturated rings. The van der Waals surface area contributed by atoms with Gasteiger partial charge in [-0.3, -0.25) is 0 Å². The third kappa shape index (κ3) is 4.56. The molecule has 0 amide bonds. The lowest BCUT2D eigenvalue weighted by Crippen LogP contribution is -2.19. The van der Waals surface area contributed by atoms with Crippen LogP contribution in [-0.2, 0) is 16.8 Å². The van der Waals surface area contributed by atoms with Crippen molar-refractivity contribution in [2.24, 2.45) is 5.14 Å². The Kier molecular flexibility index (Phi) is 5.69. The number of hydrogen-bond donors (Lipinski definition) is 1. The molecular formula is C22H18N4O3S2. The van der Waals surface area contributed by atoms with E-state index in [1.165, 1.54) is 11.8 Å². The Morgan fingerprint density at radius 2 is 1.97 bits per heavy atom. The highest BCUT2D eigenvalue weighted by Crippen LogP contribution is 2.35. The molecule has 156 valence electrons. The van der Waals surface area contributed by atoms with Gasteiger partial charge in [0.2, 0.25) is 0 Å². The van der Waals surface area contributed by atoms with Crippen LogP contribution in [0.4, 0.5) is 0 Å². The zero-order chi connectivity index (χ0) is 22.0. The minimum Gasteiger partial charge on any atom is -0.370 e. The molecule has 2 N–H and O–H groups in total. The monoisotopic (exact) mass is 450 g/mol. The van der Waals surface area contributed by atoms with Crippen LogP contribution in [0.5, 0.6) is 5.75 Å². The zero-order valence-corrected chi connectivity index (χ0v) is 18.2. The molecule has 0 aliphatic heterocycles. The van der Waals surface area contributed by atoms with Gasteiger partial charge < -0.3 is 8.75 Å². The van der Waals surface area contributed by atoms with E-state index in [2.05, 4.69) is 11.1 Å². The first-order valence-corrected chi connectivity index (χ1v) is 11.9. The number of imidazole rings is 1. The number of nitrogens with zero attached hydrogens (tertiary/aromatic N) is 3. The summed E-state index contributed by atoms with van der Waals surface area (Å²) in [7, 11) is -4.18. The summed E-state index contributed by atoms with van der Waals surface area (Å²) in [6.07, 6.45) is 3.59. The van der Waals surface area contributed by atoms with Crippen molar-refractivity contribution in [2.45, 2.75) is 11.4 Å². The number of hydrogen-bond acceptors (Lipinski definition) is 6. The van der Waals surface area contributed by atoms with Crippen LogP contribution < -0.4 is 9.32 Å². The summed E-state index contributed by atoms with van der Waals surface area (Å²) in [5.41, 5.74) is 4.70. The first-order chi connectivity index (χ1) is 14.9. The van der Waals surface area contributed by atoms with Gasteiger partial charge in [0.05, 0.1) is 33.9 Å². The van der Waals surface area contributed by atoms with Crippen molar-refractivity contribution in [3.05, 3.63) is 78.1 Å². The normalized spacial score (nSPS) is 11.4. The molecule has 3 aromatic carbocycles. The Hall–Kier alpha value is -3.32. The van der Waals surface area contributed by atoms with Crippen LogP contribution in [0.2, 0.25) is 0 Å². The summed E-state index contributed by atoms with van der Waals surface area (Å²) < 4.78 is 29.9. The van der Waals surface area contributed by atoms with Crippen molar-refractivity contribution < 1.29 is 12.6 Å². The molecule has 0 spiro atoms. The summed E-state index contributed by atoms with van der Waals surface area (Å²) in [6.45, 7) is 0.572. The van der Waals surface area contributed by atoms with Crippen LogP contribution in [0, 0.1) is 11.3 Å². The van der Waals surface area contributed by atoms with Gasteiger partial charge in [0, 0.05) is 6.54 Å². The summed E-state index contributed by atoms with van der Waals surface area (Å²) >= 11 is 1.34. The van der Waals surface area contributed by atoms with Crippen molar-refractivity contribution in [3.63, 3.8) is 0 Å². The van der Waals surface area contributed by atoms with Gasteiger partial charge in [-0.2, -0.15) is 18.8 Å². The van der Waals surface area contributed by atoms with E-state index in [-0.39, 0.29) is 5.75 Å². The molecule has 9 heteroatoms. The second kappa shape index (κ2) is 8.43. The summed E-state index contributed by atoms with van der Waals surface area (Å²) in [6, 6.07) is 20.8. The molecule has 4 aromatic rings. The molecule has 0 atom stereocenters. The highest BCUT2D eigenvalue weighted by atomic mass is 32.2. The molecular weight excluding hydrogens is 432 g/mol. The van der Waals surface area contributed by atoms with E-state index < -0.39 is 10.3 Å². The van der Waals surface area contributed by atoms with E-state index in [0.717, 1.165) is 16.6 Å². The number of nitriles is 1. The van der Waals surface area contributed by atoms with Gasteiger partial charge in [0.1, 0.15) is 0 Å². The van der Waals surface area contributed by atoms with Crippen molar-refractivity contribution in [2.75, 3.05) is 6.26 Å². The lowest BCUT2D eigenvalue weighted by atomic mass is 9.97. The van der Waals surface area contributed by atoms with Gasteiger partial charge in [-0.25, -0.2) is 4.98 Å². The van der Waals surface area contributed by atoms with Crippen molar-refractivity contribution in [3.8, 4) is 22.9 Å². The Balaban J connectivity index is 1.76. The van der Waals surface area contributed by atoms with E-state index in [1.54, 1.807) is 24.5 Å². The fourth-order valence-electron chi connectivity index (χ4n) is 3.39. The predicted molar refractivity (Wildman–Crippen MR) is 121 cm³/mol. The van der Waals surface area contributed by atoms with E-state index in [0.29, 0.717) is 28.1 Å². The van der Waals surface area contributed by atoms with Gasteiger partial charge in [0.15, 0.2) is 5.75 Å². The van der Waals surface area contributed by atoms with Gasteiger partial charge in [-0.1, -0.05) is 24.3 Å². The fraction of sp³-hybridized carbons (Fsp3) is 0.0909. The third-order valence-electron chi connectivity index (χ3n) is 4.77. The molecule has 1 heterocycles. The molecule has 0 radical (unpaired) electrons. The Morgan fingerprint density at radius 3 is 2.71 bits per heavy atom. The summed E-state index contributed by atoms with van der Waals surface area (Å²) in [5, 5.41) is 14.7. The van der Waals surface area contributed by atoms with Gasteiger partial charge in [-0.15, -0.1) is 11.8 Å². The molecule has 0 saturated heterocycles. The predicted octanol–water partition coefficient (Wildman–Crippen LogP) is 3.93. The second-order valence-electron chi connectivity index (χ2n) is 6.79.